The highest BCUT2D eigenvalue weighted by Gasteiger charge is 2.14. The van der Waals surface area contributed by atoms with Gasteiger partial charge in [0.15, 0.2) is 0 Å². The van der Waals surface area contributed by atoms with Crippen molar-refractivity contribution >= 4 is 6.34 Å². The molecule has 0 aromatic carbocycles. The van der Waals surface area contributed by atoms with E-state index in [1.54, 1.807) is 0 Å². The van der Waals surface area contributed by atoms with E-state index in [2.05, 4.69) is 0 Å². The minimum Gasteiger partial charge on any atom is -0.363 e. The highest BCUT2D eigenvalue weighted by molar-refractivity contribution is 5.50. The molecule has 1 fully saturated rings. The Hall–Kier alpha value is -0.530. The molecule has 10 heavy (non-hydrogen) atoms. The van der Waals surface area contributed by atoms with Crippen LogP contribution in [0.5, 0.6) is 0 Å². The van der Waals surface area contributed by atoms with Gasteiger partial charge in [0.2, 0.25) is 0 Å². The zero-order chi connectivity index (χ0) is 7.40. The normalized spacial score (nSPS) is 20.5. The summed E-state index contributed by atoms with van der Waals surface area (Å²) in [5.74, 6) is 0. The fourth-order valence-electron chi connectivity index (χ4n) is 1.59. The monoisotopic (exact) mass is 140 g/mol. The first-order valence-corrected chi connectivity index (χ1v) is 4.07. The average molecular weight is 140 g/mol. The van der Waals surface area contributed by atoms with Crippen LogP contribution >= 0.6 is 0 Å². The third-order valence-corrected chi connectivity index (χ3v) is 2.35. The molecular weight excluding hydrogens is 124 g/mol. The topological polar surface area (TPSA) is 27.1 Å². The summed E-state index contributed by atoms with van der Waals surface area (Å²) in [6.07, 6.45) is 8.10. The number of nitrogens with one attached hydrogen (secondary N) is 1. The van der Waals surface area contributed by atoms with E-state index in [9.17, 15) is 0 Å². The standard InChI is InChI=1S/C8H16N2/c1-10(7-9)8-5-3-2-4-6-8/h7-9H,2-6H2,1H3. The van der Waals surface area contributed by atoms with Crippen LogP contribution in [0.3, 0.4) is 0 Å². The van der Waals surface area contributed by atoms with Crippen molar-refractivity contribution < 1.29 is 0 Å². The summed E-state index contributed by atoms with van der Waals surface area (Å²) < 4.78 is 0. The van der Waals surface area contributed by atoms with Crippen molar-refractivity contribution in [3.8, 4) is 0 Å². The van der Waals surface area contributed by atoms with E-state index < -0.39 is 0 Å². The Balaban J connectivity index is 2.30. The van der Waals surface area contributed by atoms with Crippen molar-refractivity contribution in [2.45, 2.75) is 38.1 Å². The maximum atomic E-state index is 7.05. The van der Waals surface area contributed by atoms with Gasteiger partial charge in [0.1, 0.15) is 0 Å². The molecule has 1 aliphatic rings. The largest absolute Gasteiger partial charge is 0.363 e. The quantitative estimate of drug-likeness (QED) is 0.460. The molecule has 1 N–H and O–H groups in total. The van der Waals surface area contributed by atoms with Gasteiger partial charge in [0.05, 0.1) is 6.34 Å². The van der Waals surface area contributed by atoms with Crippen LogP contribution in [-0.4, -0.2) is 24.3 Å². The molecule has 0 amide bonds. The number of rotatable bonds is 2. The van der Waals surface area contributed by atoms with Crippen LogP contribution < -0.4 is 0 Å². The number of hydrogen-bond donors (Lipinski definition) is 1. The second-order valence-corrected chi connectivity index (χ2v) is 3.09. The Kier molecular flexibility index (Phi) is 2.72. The Labute approximate surface area is 62.7 Å². The van der Waals surface area contributed by atoms with Gasteiger partial charge >= 0.3 is 0 Å². The first-order chi connectivity index (χ1) is 4.84. The van der Waals surface area contributed by atoms with E-state index in [0.717, 1.165) is 0 Å². The summed E-state index contributed by atoms with van der Waals surface area (Å²) in [6, 6.07) is 0.659. The predicted octanol–water partition coefficient (Wildman–Crippen LogP) is 1.86. The molecule has 0 unspecified atom stereocenters. The molecule has 0 spiro atoms. The highest BCUT2D eigenvalue weighted by atomic mass is 15.1. The van der Waals surface area contributed by atoms with Crippen molar-refractivity contribution in [1.82, 2.24) is 4.90 Å². The average Bonchev–Trinajstić information content (AvgIpc) is 2.05. The van der Waals surface area contributed by atoms with Crippen LogP contribution in [0.4, 0.5) is 0 Å². The summed E-state index contributed by atoms with van der Waals surface area (Å²) in [4.78, 5) is 2.03. The van der Waals surface area contributed by atoms with Gasteiger partial charge < -0.3 is 4.90 Å². The van der Waals surface area contributed by atoms with Gasteiger partial charge in [-0.25, -0.2) is 0 Å². The first-order valence-electron chi connectivity index (χ1n) is 4.07. The molecule has 0 bridgehead atoms. The second kappa shape index (κ2) is 3.59. The van der Waals surface area contributed by atoms with Crippen LogP contribution in [0.1, 0.15) is 32.1 Å². The molecule has 1 saturated carbocycles. The maximum Gasteiger partial charge on any atom is 0.0817 e. The lowest BCUT2D eigenvalue weighted by Crippen LogP contribution is -2.31. The molecular formula is C8H16N2. The van der Waals surface area contributed by atoms with E-state index in [1.165, 1.54) is 38.4 Å². The molecule has 0 aromatic rings. The van der Waals surface area contributed by atoms with Crippen molar-refractivity contribution in [3.05, 3.63) is 0 Å². The maximum absolute atomic E-state index is 7.05. The molecule has 0 atom stereocenters. The van der Waals surface area contributed by atoms with Gasteiger partial charge in [0.25, 0.3) is 0 Å². The fraction of sp³-hybridized carbons (Fsp3) is 0.875. The van der Waals surface area contributed by atoms with E-state index in [-0.39, 0.29) is 0 Å². The zero-order valence-electron chi connectivity index (χ0n) is 6.64. The van der Waals surface area contributed by atoms with E-state index in [1.807, 2.05) is 11.9 Å². The summed E-state index contributed by atoms with van der Waals surface area (Å²) in [7, 11) is 2.00. The minimum absolute atomic E-state index is 0.659. The molecule has 1 aliphatic carbocycles. The lowest BCUT2D eigenvalue weighted by molar-refractivity contribution is 0.283. The van der Waals surface area contributed by atoms with E-state index in [4.69, 9.17) is 5.41 Å². The van der Waals surface area contributed by atoms with E-state index >= 15 is 0 Å². The van der Waals surface area contributed by atoms with Gasteiger partial charge in [-0.15, -0.1) is 0 Å². The van der Waals surface area contributed by atoms with Gasteiger partial charge in [-0.1, -0.05) is 19.3 Å². The van der Waals surface area contributed by atoms with Crippen molar-refractivity contribution in [2.24, 2.45) is 0 Å². The Morgan fingerprint density at radius 1 is 1.30 bits per heavy atom. The van der Waals surface area contributed by atoms with Crippen molar-refractivity contribution in [1.29, 1.82) is 5.41 Å². The summed E-state index contributed by atoms with van der Waals surface area (Å²) in [5.41, 5.74) is 0. The molecule has 0 aliphatic heterocycles. The van der Waals surface area contributed by atoms with Crippen molar-refractivity contribution in [3.63, 3.8) is 0 Å². The second-order valence-electron chi connectivity index (χ2n) is 3.09. The van der Waals surface area contributed by atoms with Gasteiger partial charge in [0, 0.05) is 13.1 Å². The third kappa shape index (κ3) is 1.72. The summed E-state index contributed by atoms with van der Waals surface area (Å²) >= 11 is 0. The molecule has 58 valence electrons. The molecule has 2 heteroatoms. The summed E-state index contributed by atoms with van der Waals surface area (Å²) in [6.45, 7) is 0. The lowest BCUT2D eigenvalue weighted by atomic mass is 9.95. The van der Waals surface area contributed by atoms with Crippen LogP contribution in [0.15, 0.2) is 0 Å². The fourth-order valence-corrected chi connectivity index (χ4v) is 1.59. The van der Waals surface area contributed by atoms with Gasteiger partial charge in [-0.2, -0.15) is 0 Å². The molecule has 0 saturated heterocycles. The van der Waals surface area contributed by atoms with Crippen LogP contribution in [0.2, 0.25) is 0 Å². The Morgan fingerprint density at radius 2 is 1.90 bits per heavy atom. The van der Waals surface area contributed by atoms with Crippen molar-refractivity contribution in [2.75, 3.05) is 7.05 Å². The molecule has 2 nitrogen and oxygen atoms in total. The Morgan fingerprint density at radius 3 is 2.40 bits per heavy atom. The lowest BCUT2D eigenvalue weighted by Gasteiger charge is -2.28. The molecule has 0 aromatic heterocycles. The summed E-state index contributed by atoms with van der Waals surface area (Å²) in [5, 5.41) is 7.05. The number of hydrogen-bond acceptors (Lipinski definition) is 1. The van der Waals surface area contributed by atoms with E-state index in [0.29, 0.717) is 6.04 Å². The van der Waals surface area contributed by atoms with Crippen LogP contribution in [-0.2, 0) is 0 Å². The minimum atomic E-state index is 0.659. The van der Waals surface area contributed by atoms with Gasteiger partial charge in [-0.3, -0.25) is 5.41 Å². The molecule has 1 rings (SSSR count). The Bertz CT molecular complexity index is 106. The first kappa shape index (κ1) is 7.58. The SMILES string of the molecule is CN(C=N)C1CCCCC1. The van der Waals surface area contributed by atoms with Gasteiger partial charge in [-0.05, 0) is 12.8 Å². The smallest absolute Gasteiger partial charge is 0.0817 e. The van der Waals surface area contributed by atoms with Crippen LogP contribution in [0.25, 0.3) is 0 Å². The highest BCUT2D eigenvalue weighted by Crippen LogP contribution is 2.20. The molecule has 0 heterocycles. The number of nitrogens with zero attached hydrogens (tertiary/aromatic N) is 1. The zero-order valence-corrected chi connectivity index (χ0v) is 6.64. The molecule has 0 radical (unpaired) electrons. The van der Waals surface area contributed by atoms with Crippen LogP contribution in [0, 0.1) is 5.41 Å². The third-order valence-electron chi connectivity index (χ3n) is 2.35. The predicted molar refractivity (Wildman–Crippen MR) is 43.4 cm³/mol.